The first-order valence-electron chi connectivity index (χ1n) is 5.57. The third-order valence-corrected chi connectivity index (χ3v) is 2.00. The van der Waals surface area contributed by atoms with Crippen LogP contribution in [0.4, 0.5) is 30.7 Å². The second kappa shape index (κ2) is 12.2. The van der Waals surface area contributed by atoms with Gasteiger partial charge in [-0.15, -0.1) is 0 Å². The monoisotopic (exact) mass is 318 g/mol. The molecule has 0 aromatic carbocycles. The minimum atomic E-state index is -4.47. The first-order valence-corrected chi connectivity index (χ1v) is 5.57. The summed E-state index contributed by atoms with van der Waals surface area (Å²) < 4.78 is 85.1. The summed E-state index contributed by atoms with van der Waals surface area (Å²) in [5, 5.41) is 0. The zero-order valence-electron chi connectivity index (χ0n) is 12.0. The van der Waals surface area contributed by atoms with E-state index in [1.54, 1.807) is 13.8 Å². The van der Waals surface area contributed by atoms with Crippen molar-refractivity contribution in [1.82, 2.24) is 0 Å². The molecule has 0 aromatic heterocycles. The number of hydrogen-bond donors (Lipinski definition) is 0. The van der Waals surface area contributed by atoms with E-state index in [2.05, 4.69) is 9.47 Å². The van der Waals surface area contributed by atoms with Gasteiger partial charge in [-0.3, -0.25) is 8.78 Å². The van der Waals surface area contributed by atoms with Crippen molar-refractivity contribution in [2.24, 2.45) is 0 Å². The van der Waals surface area contributed by atoms with Crippen LogP contribution in [0.5, 0.6) is 0 Å². The van der Waals surface area contributed by atoms with E-state index in [0.717, 1.165) is 6.92 Å². The molecule has 126 valence electrons. The van der Waals surface area contributed by atoms with E-state index in [4.69, 9.17) is 0 Å². The highest BCUT2D eigenvalue weighted by molar-refractivity contribution is 4.83. The molecule has 0 radical (unpaired) electrons. The molecule has 1 saturated heterocycles. The van der Waals surface area contributed by atoms with Crippen LogP contribution in [0.15, 0.2) is 0 Å². The van der Waals surface area contributed by atoms with Crippen molar-refractivity contribution in [2.45, 2.75) is 51.9 Å². The molecule has 0 aliphatic carbocycles. The molecule has 1 aliphatic rings. The Labute approximate surface area is 114 Å². The number of ether oxygens (including phenoxy) is 2. The Morgan fingerprint density at radius 2 is 1.15 bits per heavy atom. The van der Waals surface area contributed by atoms with Gasteiger partial charge < -0.3 is 9.47 Å². The van der Waals surface area contributed by atoms with Gasteiger partial charge in [0.2, 0.25) is 6.93 Å². The number of hydrogen-bond acceptors (Lipinski definition) is 2. The molecule has 1 aliphatic heterocycles. The second-order valence-corrected chi connectivity index (χ2v) is 3.46. The van der Waals surface area contributed by atoms with Gasteiger partial charge in [0.1, 0.15) is 0 Å². The quantitative estimate of drug-likeness (QED) is 0.611. The van der Waals surface area contributed by atoms with E-state index in [1.165, 1.54) is 6.92 Å². The number of halogens is 7. The zero-order valence-corrected chi connectivity index (χ0v) is 12.0. The van der Waals surface area contributed by atoms with E-state index in [9.17, 15) is 30.7 Å². The average molecular weight is 318 g/mol. The van der Waals surface area contributed by atoms with Crippen LogP contribution in [0.3, 0.4) is 0 Å². The lowest BCUT2D eigenvalue weighted by Crippen LogP contribution is -2.43. The van der Waals surface area contributed by atoms with Crippen molar-refractivity contribution in [3.05, 3.63) is 0 Å². The molecule has 0 aromatic rings. The van der Waals surface area contributed by atoms with Gasteiger partial charge in [-0.05, 0) is 27.7 Å². The molecule has 2 atom stereocenters. The predicted octanol–water partition coefficient (Wildman–Crippen LogP) is 4.53. The molecular formula is C11H21F7O2. The van der Waals surface area contributed by atoms with E-state index in [-0.39, 0.29) is 6.67 Å². The van der Waals surface area contributed by atoms with Crippen LogP contribution in [0, 0.1) is 0 Å². The summed E-state index contributed by atoms with van der Waals surface area (Å²) in [5.74, 6) is -2.42. The van der Waals surface area contributed by atoms with Gasteiger partial charge in [-0.25, -0.2) is 8.78 Å². The summed E-state index contributed by atoms with van der Waals surface area (Å²) in [7, 11) is 0.500. The molecule has 2 unspecified atom stereocenters. The normalized spacial score (nSPS) is 28.2. The molecule has 0 spiro atoms. The Morgan fingerprint density at radius 1 is 0.950 bits per heavy atom. The van der Waals surface area contributed by atoms with Crippen LogP contribution < -0.4 is 0 Å². The maximum absolute atomic E-state index is 12.2. The fourth-order valence-corrected chi connectivity index (χ4v) is 1.06. The van der Waals surface area contributed by atoms with Crippen LogP contribution in [-0.2, 0) is 9.47 Å². The maximum Gasteiger partial charge on any atom is 0.442 e. The first kappa shape index (κ1) is 24.4. The highest BCUT2D eigenvalue weighted by atomic mass is 19.4. The van der Waals surface area contributed by atoms with Gasteiger partial charge in [0.25, 0.3) is 5.79 Å². The van der Waals surface area contributed by atoms with Crippen molar-refractivity contribution >= 4 is 0 Å². The van der Waals surface area contributed by atoms with E-state index in [1.807, 2.05) is 0 Å². The van der Waals surface area contributed by atoms with Crippen LogP contribution >= 0.6 is 0 Å². The van der Waals surface area contributed by atoms with Gasteiger partial charge in [0.15, 0.2) is 0 Å². The summed E-state index contributed by atoms with van der Waals surface area (Å²) >= 11 is 0. The van der Waals surface area contributed by atoms with Gasteiger partial charge in [0, 0.05) is 0 Å². The Kier molecular flexibility index (Phi) is 14.9. The van der Waals surface area contributed by atoms with E-state index in [0.29, 0.717) is 7.18 Å². The molecule has 0 N–H and O–H groups in total. The first-order chi connectivity index (χ1) is 9.09. The fourth-order valence-electron chi connectivity index (χ4n) is 1.06. The van der Waals surface area contributed by atoms with Gasteiger partial charge >= 0.3 is 6.18 Å². The topological polar surface area (TPSA) is 18.5 Å². The molecule has 20 heavy (non-hydrogen) atoms. The highest BCUT2D eigenvalue weighted by Crippen LogP contribution is 2.41. The molecule has 0 bridgehead atoms. The largest absolute Gasteiger partial charge is 0.442 e. The Morgan fingerprint density at radius 3 is 1.25 bits per heavy atom. The smallest absolute Gasteiger partial charge is 0.337 e. The molecule has 2 nitrogen and oxygen atoms in total. The minimum absolute atomic E-state index is 0.250. The summed E-state index contributed by atoms with van der Waals surface area (Å²) in [4.78, 5) is 0. The summed E-state index contributed by atoms with van der Waals surface area (Å²) in [6.45, 7) is 3.47. The standard InChI is InChI=1S/C7H11F3O2.C2H5F.CH2F2.CH3F/c1-4-5(2)12-6(3,11-4)7(8,9)10;1-2-3;2-1-3;1-2/h4-5H,1-3H3;2H2,1H3;1H2;1H3. The number of rotatable bonds is 0. The van der Waals surface area contributed by atoms with Crippen LogP contribution in [0.2, 0.25) is 0 Å². The minimum Gasteiger partial charge on any atom is -0.337 e. The Bertz CT molecular complexity index is 199. The third-order valence-electron chi connectivity index (χ3n) is 2.00. The zero-order chi connectivity index (χ0) is 17.0. The van der Waals surface area contributed by atoms with Crippen molar-refractivity contribution in [1.29, 1.82) is 0 Å². The molecule has 0 amide bonds. The highest BCUT2D eigenvalue weighted by Gasteiger charge is 2.59. The molecule has 9 heteroatoms. The van der Waals surface area contributed by atoms with Crippen molar-refractivity contribution in [3.8, 4) is 0 Å². The fraction of sp³-hybridized carbons (Fsp3) is 1.00. The lowest BCUT2D eigenvalue weighted by atomic mass is 10.3. The SMILES string of the molecule is CC1OC(C)(C(F)(F)F)OC1C.CCF.CF.FCF. The van der Waals surface area contributed by atoms with Crippen molar-refractivity contribution < 1.29 is 40.2 Å². The second-order valence-electron chi connectivity index (χ2n) is 3.46. The molecule has 0 saturated carbocycles. The predicted molar refractivity (Wildman–Crippen MR) is 61.3 cm³/mol. The molecular weight excluding hydrogens is 297 g/mol. The van der Waals surface area contributed by atoms with Crippen LogP contribution in [0.1, 0.15) is 27.7 Å². The summed E-state index contributed by atoms with van der Waals surface area (Å²) in [6, 6.07) is 0. The summed E-state index contributed by atoms with van der Waals surface area (Å²) in [5.41, 5.74) is 0. The molecule has 1 rings (SSSR count). The van der Waals surface area contributed by atoms with Crippen LogP contribution in [-0.4, -0.2) is 45.0 Å². The summed E-state index contributed by atoms with van der Waals surface area (Å²) in [6.07, 6.45) is -5.50. The average Bonchev–Trinajstić information content (AvgIpc) is 2.58. The molecule has 1 fully saturated rings. The third kappa shape index (κ3) is 9.35. The van der Waals surface area contributed by atoms with Crippen LogP contribution in [0.25, 0.3) is 0 Å². The van der Waals surface area contributed by atoms with Gasteiger partial charge in [-0.1, -0.05) is 0 Å². The van der Waals surface area contributed by atoms with E-state index >= 15 is 0 Å². The van der Waals surface area contributed by atoms with Crippen molar-refractivity contribution in [2.75, 3.05) is 20.8 Å². The van der Waals surface area contributed by atoms with Gasteiger partial charge in [-0.2, -0.15) is 13.2 Å². The number of alkyl halides is 7. The lowest BCUT2D eigenvalue weighted by molar-refractivity contribution is -0.341. The lowest BCUT2D eigenvalue weighted by Gasteiger charge is -2.25. The Hall–Kier alpha value is -0.570. The Balaban J connectivity index is -0.000000304. The molecule has 1 heterocycles. The van der Waals surface area contributed by atoms with E-state index < -0.39 is 31.1 Å². The van der Waals surface area contributed by atoms with Gasteiger partial charge in [0.05, 0.1) is 26.1 Å². The van der Waals surface area contributed by atoms with Crippen molar-refractivity contribution in [3.63, 3.8) is 0 Å². The maximum atomic E-state index is 12.2.